The minimum atomic E-state index is -0.701. The first-order valence-corrected chi connectivity index (χ1v) is 8.68. The molecule has 0 saturated heterocycles. The monoisotopic (exact) mass is 332 g/mol. The fourth-order valence-electron chi connectivity index (χ4n) is 3.09. The summed E-state index contributed by atoms with van der Waals surface area (Å²) in [6.45, 7) is 2.56. The first kappa shape index (κ1) is 17.4. The number of aliphatic hydroxyl groups is 1. The Balaban J connectivity index is 2.20. The van der Waals surface area contributed by atoms with E-state index < -0.39 is 5.60 Å². The number of benzene rings is 3. The first-order valence-electron chi connectivity index (χ1n) is 8.68. The highest BCUT2D eigenvalue weighted by molar-refractivity contribution is 5.47. The molecule has 3 aromatic rings. The topological polar surface area (TPSA) is 29.5 Å². The Hall–Kier alpha value is -2.42. The van der Waals surface area contributed by atoms with Crippen LogP contribution in [0.1, 0.15) is 23.6 Å². The second kappa shape index (κ2) is 8.11. The van der Waals surface area contributed by atoms with E-state index in [1.54, 1.807) is 0 Å². The summed E-state index contributed by atoms with van der Waals surface area (Å²) in [6, 6.07) is 30.9. The molecule has 0 bridgehead atoms. The summed E-state index contributed by atoms with van der Waals surface area (Å²) >= 11 is 0. The zero-order chi connectivity index (χ0) is 17.5. The van der Waals surface area contributed by atoms with Gasteiger partial charge in [0, 0.05) is 12.5 Å². The summed E-state index contributed by atoms with van der Waals surface area (Å²) in [5.41, 5.74) is 2.54. The average Bonchev–Trinajstić information content (AvgIpc) is 2.71. The van der Waals surface area contributed by atoms with Crippen LogP contribution in [-0.2, 0) is 10.3 Å². The molecule has 0 aliphatic heterocycles. The molecule has 2 nitrogen and oxygen atoms in total. The highest BCUT2D eigenvalue weighted by Gasteiger charge is 2.37. The lowest BCUT2D eigenvalue weighted by molar-refractivity contribution is -0.0145. The highest BCUT2D eigenvalue weighted by atomic mass is 16.5. The van der Waals surface area contributed by atoms with Gasteiger partial charge in [0.2, 0.25) is 0 Å². The quantitative estimate of drug-likeness (QED) is 0.640. The molecule has 128 valence electrons. The van der Waals surface area contributed by atoms with Crippen LogP contribution in [0.4, 0.5) is 0 Å². The van der Waals surface area contributed by atoms with E-state index in [0.717, 1.165) is 16.7 Å². The summed E-state index contributed by atoms with van der Waals surface area (Å²) in [6.07, 6.45) is 0. The maximum Gasteiger partial charge on any atom is 0.143 e. The van der Waals surface area contributed by atoms with Gasteiger partial charge in [-0.15, -0.1) is 0 Å². The molecule has 0 spiro atoms. The maximum absolute atomic E-state index is 9.46. The number of hydrogen-bond acceptors (Lipinski definition) is 2. The second-order valence-corrected chi connectivity index (χ2v) is 6.38. The van der Waals surface area contributed by atoms with E-state index >= 15 is 0 Å². The van der Waals surface area contributed by atoms with E-state index in [9.17, 15) is 5.11 Å². The molecule has 3 rings (SSSR count). The molecular weight excluding hydrogens is 308 g/mol. The van der Waals surface area contributed by atoms with Gasteiger partial charge >= 0.3 is 0 Å². The Bertz CT molecular complexity index is 657. The molecule has 0 aromatic heterocycles. The van der Waals surface area contributed by atoms with Gasteiger partial charge in [0.25, 0.3) is 0 Å². The molecule has 0 heterocycles. The van der Waals surface area contributed by atoms with Crippen molar-refractivity contribution in [2.45, 2.75) is 12.5 Å². The van der Waals surface area contributed by atoms with Crippen LogP contribution in [0, 0.1) is 5.92 Å². The summed E-state index contributed by atoms with van der Waals surface area (Å²) in [5.74, 6) is 0.0653. The predicted molar refractivity (Wildman–Crippen MR) is 101 cm³/mol. The summed E-state index contributed by atoms with van der Waals surface area (Å²) in [4.78, 5) is 0. The standard InChI is InChI=1S/C23H24O2/c1-19(17-24)18-25-23(20-11-5-2-6-12-20,21-13-7-3-8-14-21)22-15-9-4-10-16-22/h2-16,19,24H,17-18H2,1H3/t19-/m0/s1. The lowest BCUT2D eigenvalue weighted by Crippen LogP contribution is -2.34. The molecule has 1 N–H and O–H groups in total. The van der Waals surface area contributed by atoms with E-state index in [1.165, 1.54) is 0 Å². The van der Waals surface area contributed by atoms with Crippen molar-refractivity contribution >= 4 is 0 Å². The Morgan fingerprint density at radius 3 is 1.40 bits per heavy atom. The van der Waals surface area contributed by atoms with E-state index in [0.29, 0.717) is 6.61 Å². The molecule has 0 amide bonds. The van der Waals surface area contributed by atoms with Crippen LogP contribution < -0.4 is 0 Å². The molecular formula is C23H24O2. The van der Waals surface area contributed by atoms with Gasteiger partial charge in [-0.1, -0.05) is 97.9 Å². The van der Waals surface area contributed by atoms with E-state index in [2.05, 4.69) is 36.4 Å². The van der Waals surface area contributed by atoms with Crippen molar-refractivity contribution in [1.29, 1.82) is 0 Å². The molecule has 0 fully saturated rings. The zero-order valence-corrected chi connectivity index (χ0v) is 14.5. The zero-order valence-electron chi connectivity index (χ0n) is 14.5. The smallest absolute Gasteiger partial charge is 0.143 e. The maximum atomic E-state index is 9.46. The van der Waals surface area contributed by atoms with Crippen molar-refractivity contribution in [3.63, 3.8) is 0 Å². The van der Waals surface area contributed by atoms with Crippen LogP contribution in [0.25, 0.3) is 0 Å². The van der Waals surface area contributed by atoms with Gasteiger partial charge in [0.05, 0.1) is 6.61 Å². The number of ether oxygens (including phenoxy) is 1. The van der Waals surface area contributed by atoms with Crippen LogP contribution in [0.2, 0.25) is 0 Å². The predicted octanol–water partition coefficient (Wildman–Crippen LogP) is 4.62. The molecule has 0 radical (unpaired) electrons. The van der Waals surface area contributed by atoms with Gasteiger partial charge in [0.15, 0.2) is 0 Å². The summed E-state index contributed by atoms with van der Waals surface area (Å²) in [5, 5.41) is 9.46. The van der Waals surface area contributed by atoms with Crippen molar-refractivity contribution in [2.75, 3.05) is 13.2 Å². The van der Waals surface area contributed by atoms with Crippen molar-refractivity contribution in [3.05, 3.63) is 108 Å². The molecule has 0 aliphatic carbocycles. The Morgan fingerprint density at radius 2 is 1.08 bits per heavy atom. The van der Waals surface area contributed by atoms with Crippen molar-refractivity contribution in [1.82, 2.24) is 0 Å². The van der Waals surface area contributed by atoms with E-state index in [1.807, 2.05) is 61.5 Å². The first-order chi connectivity index (χ1) is 12.3. The highest BCUT2D eigenvalue weighted by Crippen LogP contribution is 2.40. The molecule has 3 aromatic carbocycles. The molecule has 2 heteroatoms. The SMILES string of the molecule is C[C@@H](CO)COC(c1ccccc1)(c1ccccc1)c1ccccc1. The van der Waals surface area contributed by atoms with E-state index in [4.69, 9.17) is 4.74 Å². The van der Waals surface area contributed by atoms with Gasteiger partial charge in [-0.05, 0) is 16.7 Å². The van der Waals surface area contributed by atoms with Gasteiger partial charge in [-0.2, -0.15) is 0 Å². The average molecular weight is 332 g/mol. The fraction of sp³-hybridized carbons (Fsp3) is 0.217. The Morgan fingerprint density at radius 1 is 0.720 bits per heavy atom. The number of rotatable bonds is 7. The van der Waals surface area contributed by atoms with Gasteiger partial charge in [-0.25, -0.2) is 0 Å². The lowest BCUT2D eigenvalue weighted by atomic mass is 9.80. The molecule has 25 heavy (non-hydrogen) atoms. The third-order valence-corrected chi connectivity index (χ3v) is 4.44. The van der Waals surface area contributed by atoms with Gasteiger partial charge in [-0.3, -0.25) is 0 Å². The summed E-state index contributed by atoms with van der Waals surface area (Å²) < 4.78 is 6.58. The lowest BCUT2D eigenvalue weighted by Gasteiger charge is -2.36. The van der Waals surface area contributed by atoms with Crippen LogP contribution in [0.15, 0.2) is 91.0 Å². The van der Waals surface area contributed by atoms with Gasteiger partial charge in [0.1, 0.15) is 5.60 Å². The Labute approximate surface area is 149 Å². The van der Waals surface area contributed by atoms with Crippen LogP contribution in [0.5, 0.6) is 0 Å². The molecule has 0 saturated carbocycles. The minimum Gasteiger partial charge on any atom is -0.396 e. The fourth-order valence-corrected chi connectivity index (χ4v) is 3.09. The van der Waals surface area contributed by atoms with E-state index in [-0.39, 0.29) is 12.5 Å². The van der Waals surface area contributed by atoms with Crippen LogP contribution in [0.3, 0.4) is 0 Å². The van der Waals surface area contributed by atoms with Crippen LogP contribution in [-0.4, -0.2) is 18.3 Å². The largest absolute Gasteiger partial charge is 0.396 e. The van der Waals surface area contributed by atoms with Crippen molar-refractivity contribution < 1.29 is 9.84 Å². The molecule has 0 unspecified atom stereocenters. The third kappa shape index (κ3) is 3.65. The van der Waals surface area contributed by atoms with Gasteiger partial charge < -0.3 is 9.84 Å². The second-order valence-electron chi connectivity index (χ2n) is 6.38. The Kier molecular flexibility index (Phi) is 5.64. The minimum absolute atomic E-state index is 0.0653. The van der Waals surface area contributed by atoms with Crippen molar-refractivity contribution in [3.8, 4) is 0 Å². The molecule has 0 aliphatic rings. The third-order valence-electron chi connectivity index (χ3n) is 4.44. The number of aliphatic hydroxyl groups excluding tert-OH is 1. The normalized spacial score (nSPS) is 12.7. The van der Waals surface area contributed by atoms with Crippen LogP contribution >= 0.6 is 0 Å². The number of hydrogen-bond donors (Lipinski definition) is 1. The summed E-state index contributed by atoms with van der Waals surface area (Å²) in [7, 11) is 0. The van der Waals surface area contributed by atoms with Crippen molar-refractivity contribution in [2.24, 2.45) is 5.92 Å². The molecule has 1 atom stereocenters.